The smallest absolute Gasteiger partial charge is 0.169 e. The second-order valence-electron chi connectivity index (χ2n) is 6.32. The highest BCUT2D eigenvalue weighted by Gasteiger charge is 2.60. The van der Waals surface area contributed by atoms with Crippen molar-refractivity contribution in [2.45, 2.75) is 32.0 Å². The minimum Gasteiger partial charge on any atom is -0.490 e. The third-order valence-electron chi connectivity index (χ3n) is 5.24. The van der Waals surface area contributed by atoms with Gasteiger partial charge in [-0.15, -0.1) is 0 Å². The lowest BCUT2D eigenvalue weighted by Gasteiger charge is -2.54. The maximum atomic E-state index is 12.5. The summed E-state index contributed by atoms with van der Waals surface area (Å²) in [6.45, 7) is 3.76. The summed E-state index contributed by atoms with van der Waals surface area (Å²) in [7, 11) is 0. The summed E-state index contributed by atoms with van der Waals surface area (Å²) in [6.07, 6.45) is 8.50. The summed E-state index contributed by atoms with van der Waals surface area (Å²) >= 11 is 0. The highest BCUT2D eigenvalue weighted by Crippen LogP contribution is 2.54. The molecule has 0 unspecified atom stereocenters. The molecule has 0 spiro atoms. The summed E-state index contributed by atoms with van der Waals surface area (Å²) in [5.74, 6) is -0.366. The fourth-order valence-corrected chi connectivity index (χ4v) is 3.82. The second-order valence-corrected chi connectivity index (χ2v) is 6.32. The zero-order chi connectivity index (χ0) is 14.5. The van der Waals surface area contributed by atoms with E-state index in [4.69, 9.17) is 4.74 Å². The molecule has 3 aliphatic rings. The number of carbonyl (C=O) groups is 1. The zero-order valence-corrected chi connectivity index (χ0v) is 11.7. The SMILES string of the molecule is C[C@]12C=CC3=C[C@@H](CO)C[C@H](O)[C@@H]3[C@@]1(C)C(=O)C=CO2. The summed E-state index contributed by atoms with van der Waals surface area (Å²) in [6, 6.07) is 0. The lowest BCUT2D eigenvalue weighted by Crippen LogP contribution is -2.60. The molecular formula is C16H20O4. The number of ether oxygens (including phenoxy) is 1. The first kappa shape index (κ1) is 13.6. The van der Waals surface area contributed by atoms with Crippen molar-refractivity contribution >= 4 is 5.78 Å². The number of rotatable bonds is 1. The van der Waals surface area contributed by atoms with Crippen LogP contribution < -0.4 is 0 Å². The lowest BCUT2D eigenvalue weighted by molar-refractivity contribution is -0.152. The van der Waals surface area contributed by atoms with Crippen LogP contribution in [0.25, 0.3) is 0 Å². The minimum absolute atomic E-state index is 0.0133. The van der Waals surface area contributed by atoms with Gasteiger partial charge in [0.1, 0.15) is 5.60 Å². The molecular weight excluding hydrogens is 256 g/mol. The summed E-state index contributed by atoms with van der Waals surface area (Å²) < 4.78 is 5.72. The van der Waals surface area contributed by atoms with Crippen molar-refractivity contribution in [1.82, 2.24) is 0 Å². The van der Waals surface area contributed by atoms with Gasteiger partial charge < -0.3 is 14.9 Å². The number of aliphatic hydroxyl groups is 2. The van der Waals surface area contributed by atoms with Gasteiger partial charge in [-0.2, -0.15) is 0 Å². The Labute approximate surface area is 118 Å². The predicted molar refractivity (Wildman–Crippen MR) is 73.7 cm³/mol. The summed E-state index contributed by atoms with van der Waals surface area (Å²) in [5.41, 5.74) is -0.634. The van der Waals surface area contributed by atoms with Gasteiger partial charge in [0.2, 0.25) is 0 Å². The number of hydrogen-bond acceptors (Lipinski definition) is 4. The van der Waals surface area contributed by atoms with Crippen molar-refractivity contribution in [1.29, 1.82) is 0 Å². The van der Waals surface area contributed by atoms with E-state index in [2.05, 4.69) is 0 Å². The Morgan fingerprint density at radius 3 is 2.85 bits per heavy atom. The van der Waals surface area contributed by atoms with Crippen molar-refractivity contribution in [3.8, 4) is 0 Å². The molecule has 2 N–H and O–H groups in total. The lowest BCUT2D eigenvalue weighted by atomic mass is 9.54. The largest absolute Gasteiger partial charge is 0.490 e. The van der Waals surface area contributed by atoms with E-state index in [1.165, 1.54) is 12.3 Å². The molecule has 1 heterocycles. The summed E-state index contributed by atoms with van der Waals surface area (Å²) in [4.78, 5) is 12.5. The number of allylic oxidation sites excluding steroid dienone is 2. The van der Waals surface area contributed by atoms with Crippen molar-refractivity contribution < 1.29 is 19.7 Å². The molecule has 0 saturated carbocycles. The molecule has 0 aromatic carbocycles. The van der Waals surface area contributed by atoms with Crippen LogP contribution in [-0.2, 0) is 9.53 Å². The van der Waals surface area contributed by atoms with Crippen LogP contribution >= 0.6 is 0 Å². The van der Waals surface area contributed by atoms with E-state index < -0.39 is 17.1 Å². The number of fused-ring (bicyclic) bond motifs is 3. The van der Waals surface area contributed by atoms with Crippen LogP contribution in [0.2, 0.25) is 0 Å². The fraction of sp³-hybridized carbons (Fsp3) is 0.562. The monoisotopic (exact) mass is 276 g/mol. The van der Waals surface area contributed by atoms with Gasteiger partial charge in [0, 0.05) is 24.5 Å². The average molecular weight is 276 g/mol. The maximum absolute atomic E-state index is 12.5. The van der Waals surface area contributed by atoms with Gasteiger partial charge in [-0.3, -0.25) is 4.79 Å². The van der Waals surface area contributed by atoms with E-state index in [1.807, 2.05) is 32.1 Å². The van der Waals surface area contributed by atoms with Gasteiger partial charge in [0.25, 0.3) is 0 Å². The maximum Gasteiger partial charge on any atom is 0.169 e. The molecule has 3 rings (SSSR count). The Kier molecular flexibility index (Phi) is 2.92. The first-order chi connectivity index (χ1) is 9.42. The highest BCUT2D eigenvalue weighted by atomic mass is 16.5. The van der Waals surface area contributed by atoms with Crippen LogP contribution in [0.4, 0.5) is 0 Å². The minimum atomic E-state index is -0.817. The van der Waals surface area contributed by atoms with Gasteiger partial charge >= 0.3 is 0 Å². The van der Waals surface area contributed by atoms with E-state index >= 15 is 0 Å². The standard InChI is InChI=1S/C16H20O4/c1-15-5-3-11-7-10(9-17)8-12(18)14(11)16(15,2)13(19)4-6-20-15/h3-7,10,12,14,17-18H,8-9H2,1-2H3/t10-,12+,14-,15+,16-/m1/s1. The van der Waals surface area contributed by atoms with Crippen LogP contribution in [0.5, 0.6) is 0 Å². The molecule has 4 heteroatoms. The molecule has 5 atom stereocenters. The second kappa shape index (κ2) is 4.30. The molecule has 1 aliphatic heterocycles. The molecule has 0 fully saturated rings. The number of ketones is 1. The Morgan fingerprint density at radius 1 is 1.40 bits per heavy atom. The average Bonchev–Trinajstić information content (AvgIpc) is 2.41. The molecule has 2 aliphatic carbocycles. The Morgan fingerprint density at radius 2 is 2.15 bits per heavy atom. The van der Waals surface area contributed by atoms with Crippen LogP contribution in [0.15, 0.2) is 36.1 Å². The van der Waals surface area contributed by atoms with E-state index in [1.54, 1.807) is 0 Å². The van der Waals surface area contributed by atoms with Crippen LogP contribution in [0.3, 0.4) is 0 Å². The molecule has 4 nitrogen and oxygen atoms in total. The third kappa shape index (κ3) is 1.58. The summed E-state index contributed by atoms with van der Waals surface area (Å²) in [5, 5.41) is 19.8. The third-order valence-corrected chi connectivity index (χ3v) is 5.24. The van der Waals surface area contributed by atoms with Crippen LogP contribution in [0.1, 0.15) is 20.3 Å². The molecule has 0 bridgehead atoms. The van der Waals surface area contributed by atoms with Gasteiger partial charge in [-0.05, 0) is 31.9 Å². The Balaban J connectivity index is 2.15. The molecule has 0 saturated heterocycles. The van der Waals surface area contributed by atoms with Crippen LogP contribution in [-0.4, -0.2) is 34.3 Å². The van der Waals surface area contributed by atoms with E-state index in [0.717, 1.165) is 5.57 Å². The Hall–Kier alpha value is -1.39. The van der Waals surface area contributed by atoms with Gasteiger partial charge in [0.15, 0.2) is 5.78 Å². The van der Waals surface area contributed by atoms with E-state index in [0.29, 0.717) is 6.42 Å². The van der Waals surface area contributed by atoms with Crippen molar-refractivity contribution in [2.24, 2.45) is 17.3 Å². The van der Waals surface area contributed by atoms with Gasteiger partial charge in [0.05, 0.1) is 17.8 Å². The highest BCUT2D eigenvalue weighted by molar-refractivity contribution is 5.97. The van der Waals surface area contributed by atoms with Crippen molar-refractivity contribution in [3.63, 3.8) is 0 Å². The van der Waals surface area contributed by atoms with Gasteiger partial charge in [-0.25, -0.2) is 0 Å². The molecule has 0 radical (unpaired) electrons. The predicted octanol–water partition coefficient (Wildman–Crippen LogP) is 1.35. The quantitative estimate of drug-likeness (QED) is 0.758. The molecule has 0 aromatic heterocycles. The molecule has 20 heavy (non-hydrogen) atoms. The first-order valence-corrected chi connectivity index (χ1v) is 7.01. The first-order valence-electron chi connectivity index (χ1n) is 7.01. The molecule has 108 valence electrons. The number of hydrogen-bond donors (Lipinski definition) is 2. The van der Waals surface area contributed by atoms with Crippen molar-refractivity contribution in [3.05, 3.63) is 36.1 Å². The van der Waals surface area contributed by atoms with E-state index in [9.17, 15) is 15.0 Å². The Bertz CT molecular complexity index is 533. The van der Waals surface area contributed by atoms with Crippen LogP contribution in [0, 0.1) is 17.3 Å². The number of carbonyl (C=O) groups excluding carboxylic acids is 1. The molecule has 0 aromatic rings. The fourth-order valence-electron chi connectivity index (χ4n) is 3.82. The number of aliphatic hydroxyl groups excluding tert-OH is 2. The van der Waals surface area contributed by atoms with Gasteiger partial charge in [-0.1, -0.05) is 12.2 Å². The van der Waals surface area contributed by atoms with E-state index in [-0.39, 0.29) is 24.2 Å². The van der Waals surface area contributed by atoms with Crippen molar-refractivity contribution in [2.75, 3.05) is 6.61 Å². The normalized spacial score (nSPS) is 46.3. The zero-order valence-electron chi connectivity index (χ0n) is 11.7. The topological polar surface area (TPSA) is 66.8 Å². The molecule has 0 amide bonds.